The SMILES string of the molecule is Cc1cccnc1-n1c(C)cc([C@H]2[C@@H](c3ccccn3)NC(=S)N2Cc2ccco2)c1C. The van der Waals surface area contributed by atoms with E-state index in [0.29, 0.717) is 11.7 Å². The van der Waals surface area contributed by atoms with Crippen molar-refractivity contribution in [1.29, 1.82) is 0 Å². The van der Waals surface area contributed by atoms with Crippen LogP contribution in [-0.4, -0.2) is 24.5 Å². The van der Waals surface area contributed by atoms with Crippen LogP contribution in [0.25, 0.3) is 5.82 Å². The molecule has 0 amide bonds. The summed E-state index contributed by atoms with van der Waals surface area (Å²) < 4.78 is 7.88. The molecule has 1 saturated heterocycles. The van der Waals surface area contributed by atoms with Crippen LogP contribution < -0.4 is 5.32 Å². The van der Waals surface area contributed by atoms with E-state index in [-0.39, 0.29) is 12.1 Å². The van der Waals surface area contributed by atoms with E-state index in [4.69, 9.17) is 16.6 Å². The van der Waals surface area contributed by atoms with Crippen LogP contribution in [0.1, 0.15) is 46.1 Å². The van der Waals surface area contributed by atoms with Gasteiger partial charge in [0.1, 0.15) is 11.6 Å². The Morgan fingerprint density at radius 3 is 2.59 bits per heavy atom. The maximum atomic E-state index is 5.79. The first kappa shape index (κ1) is 20.5. The van der Waals surface area contributed by atoms with E-state index >= 15 is 0 Å². The number of nitrogens with one attached hydrogen (secondary N) is 1. The summed E-state index contributed by atoms with van der Waals surface area (Å²) in [6.45, 7) is 6.95. The summed E-state index contributed by atoms with van der Waals surface area (Å²) in [5.41, 5.74) is 5.57. The molecule has 32 heavy (non-hydrogen) atoms. The number of rotatable bonds is 5. The summed E-state index contributed by atoms with van der Waals surface area (Å²) in [5.74, 6) is 1.82. The highest BCUT2D eigenvalue weighted by Gasteiger charge is 2.41. The molecule has 5 heterocycles. The number of hydrogen-bond acceptors (Lipinski definition) is 4. The summed E-state index contributed by atoms with van der Waals surface area (Å²) in [7, 11) is 0. The van der Waals surface area contributed by atoms with Gasteiger partial charge in [0.05, 0.1) is 30.6 Å². The molecule has 1 aliphatic heterocycles. The summed E-state index contributed by atoms with van der Waals surface area (Å²) in [5, 5.41) is 4.21. The minimum Gasteiger partial charge on any atom is -0.467 e. The maximum Gasteiger partial charge on any atom is 0.170 e. The van der Waals surface area contributed by atoms with Gasteiger partial charge in [-0.05, 0) is 80.5 Å². The Morgan fingerprint density at radius 1 is 1.03 bits per heavy atom. The zero-order valence-electron chi connectivity index (χ0n) is 18.3. The van der Waals surface area contributed by atoms with E-state index in [0.717, 1.165) is 34.2 Å². The minimum atomic E-state index is -0.0718. The smallest absolute Gasteiger partial charge is 0.170 e. The van der Waals surface area contributed by atoms with Crippen LogP contribution >= 0.6 is 12.2 Å². The molecule has 0 aromatic carbocycles. The zero-order chi connectivity index (χ0) is 22.2. The van der Waals surface area contributed by atoms with Crippen LogP contribution in [0, 0.1) is 20.8 Å². The lowest BCUT2D eigenvalue weighted by atomic mass is 9.96. The summed E-state index contributed by atoms with van der Waals surface area (Å²) >= 11 is 5.79. The molecular weight excluding hydrogens is 418 g/mol. The average Bonchev–Trinajstić information content (AvgIpc) is 3.49. The topological polar surface area (TPSA) is 59.1 Å². The molecule has 0 aliphatic carbocycles. The number of furan rings is 1. The molecule has 2 atom stereocenters. The Morgan fingerprint density at radius 2 is 1.88 bits per heavy atom. The highest BCUT2D eigenvalue weighted by Crippen LogP contribution is 2.42. The fraction of sp³-hybridized carbons (Fsp3) is 0.240. The number of nitrogens with zero attached hydrogens (tertiary/aromatic N) is 4. The molecule has 162 valence electrons. The van der Waals surface area contributed by atoms with Crippen molar-refractivity contribution in [3.8, 4) is 5.82 Å². The van der Waals surface area contributed by atoms with Crippen LogP contribution in [0.2, 0.25) is 0 Å². The lowest BCUT2D eigenvalue weighted by molar-refractivity contribution is 0.286. The third-order valence-electron chi connectivity index (χ3n) is 6.09. The number of aromatic nitrogens is 3. The van der Waals surface area contributed by atoms with Crippen molar-refractivity contribution in [3.05, 3.63) is 101 Å². The van der Waals surface area contributed by atoms with Gasteiger partial charge in [-0.25, -0.2) is 4.98 Å². The predicted octanol–water partition coefficient (Wildman–Crippen LogP) is 4.96. The zero-order valence-corrected chi connectivity index (χ0v) is 19.1. The molecular formula is C25H25N5OS. The molecule has 0 saturated carbocycles. The second-order valence-electron chi connectivity index (χ2n) is 8.14. The molecule has 0 spiro atoms. The Labute approximate surface area is 192 Å². The van der Waals surface area contributed by atoms with Gasteiger partial charge >= 0.3 is 0 Å². The van der Waals surface area contributed by atoms with Gasteiger partial charge in [-0.1, -0.05) is 12.1 Å². The first-order valence-electron chi connectivity index (χ1n) is 10.7. The Kier molecular flexibility index (Phi) is 5.27. The quantitative estimate of drug-likeness (QED) is 0.440. The fourth-order valence-corrected chi connectivity index (χ4v) is 4.91. The van der Waals surface area contributed by atoms with Crippen molar-refractivity contribution < 1.29 is 4.42 Å². The van der Waals surface area contributed by atoms with Crippen LogP contribution in [0.15, 0.2) is 71.6 Å². The van der Waals surface area contributed by atoms with Crippen molar-refractivity contribution in [1.82, 2.24) is 24.8 Å². The Balaban J connectivity index is 1.64. The molecule has 1 fully saturated rings. The maximum absolute atomic E-state index is 5.79. The number of hydrogen-bond donors (Lipinski definition) is 1. The Hall–Kier alpha value is -3.45. The minimum absolute atomic E-state index is 0.0357. The number of thiocarbonyl (C=S) groups is 1. The van der Waals surface area contributed by atoms with Gasteiger partial charge in [0.15, 0.2) is 5.11 Å². The summed E-state index contributed by atoms with van der Waals surface area (Å²) in [6.07, 6.45) is 5.36. The molecule has 6 nitrogen and oxygen atoms in total. The highest BCUT2D eigenvalue weighted by atomic mass is 32.1. The van der Waals surface area contributed by atoms with E-state index in [1.165, 1.54) is 5.56 Å². The van der Waals surface area contributed by atoms with Crippen LogP contribution in [0.4, 0.5) is 0 Å². The molecule has 7 heteroatoms. The third kappa shape index (κ3) is 3.48. The molecule has 1 aliphatic rings. The number of aryl methyl sites for hydroxylation is 2. The lowest BCUT2D eigenvalue weighted by Gasteiger charge is -2.27. The van der Waals surface area contributed by atoms with Crippen molar-refractivity contribution in [3.63, 3.8) is 0 Å². The lowest BCUT2D eigenvalue weighted by Crippen LogP contribution is -2.29. The van der Waals surface area contributed by atoms with Crippen LogP contribution in [0.5, 0.6) is 0 Å². The van der Waals surface area contributed by atoms with Gasteiger partial charge in [-0.15, -0.1) is 0 Å². The van der Waals surface area contributed by atoms with E-state index in [1.54, 1.807) is 6.26 Å². The van der Waals surface area contributed by atoms with Crippen molar-refractivity contribution in [2.45, 2.75) is 39.4 Å². The second kappa shape index (κ2) is 8.24. The standard InChI is InChI=1S/C25H25N5OS/c1-16-8-6-12-27-24(16)30-17(2)14-20(18(30)3)23-22(21-10-4-5-11-26-21)28-25(32)29(23)15-19-9-7-13-31-19/h4-14,22-23H,15H2,1-3H3,(H,28,32)/t22-,23+/m1/s1. The van der Waals surface area contributed by atoms with Crippen LogP contribution in [0.3, 0.4) is 0 Å². The predicted molar refractivity (Wildman–Crippen MR) is 127 cm³/mol. The van der Waals surface area contributed by atoms with E-state index in [2.05, 4.69) is 57.7 Å². The molecule has 5 rings (SSSR count). The van der Waals surface area contributed by atoms with Crippen molar-refractivity contribution >= 4 is 17.3 Å². The summed E-state index contributed by atoms with van der Waals surface area (Å²) in [4.78, 5) is 11.5. The third-order valence-corrected chi connectivity index (χ3v) is 6.44. The highest BCUT2D eigenvalue weighted by molar-refractivity contribution is 7.80. The largest absolute Gasteiger partial charge is 0.467 e. The van der Waals surface area contributed by atoms with Crippen molar-refractivity contribution in [2.24, 2.45) is 0 Å². The molecule has 4 aromatic heterocycles. The molecule has 0 bridgehead atoms. The van der Waals surface area contributed by atoms with Crippen LogP contribution in [-0.2, 0) is 6.54 Å². The fourth-order valence-electron chi connectivity index (χ4n) is 4.61. The molecule has 1 N–H and O–H groups in total. The normalized spacial score (nSPS) is 18.2. The van der Waals surface area contributed by atoms with Gasteiger partial charge in [-0.2, -0.15) is 0 Å². The second-order valence-corrected chi connectivity index (χ2v) is 8.53. The van der Waals surface area contributed by atoms with Gasteiger partial charge in [0.2, 0.25) is 0 Å². The average molecular weight is 444 g/mol. The first-order valence-corrected chi connectivity index (χ1v) is 11.1. The van der Waals surface area contributed by atoms with E-state index < -0.39 is 0 Å². The van der Waals surface area contributed by atoms with E-state index in [1.807, 2.05) is 48.8 Å². The molecule has 4 aromatic rings. The van der Waals surface area contributed by atoms with Crippen molar-refractivity contribution in [2.75, 3.05) is 0 Å². The van der Waals surface area contributed by atoms with Gasteiger partial charge < -0.3 is 19.2 Å². The van der Waals surface area contributed by atoms with Gasteiger partial charge in [0.25, 0.3) is 0 Å². The summed E-state index contributed by atoms with van der Waals surface area (Å²) in [6, 6.07) is 16.1. The molecule has 0 unspecified atom stereocenters. The number of pyridine rings is 2. The van der Waals surface area contributed by atoms with Gasteiger partial charge in [0, 0.05) is 23.8 Å². The van der Waals surface area contributed by atoms with E-state index in [9.17, 15) is 0 Å². The van der Waals surface area contributed by atoms with Gasteiger partial charge in [-0.3, -0.25) is 4.98 Å². The first-order chi connectivity index (χ1) is 15.5. The Bertz CT molecular complexity index is 1250. The monoisotopic (exact) mass is 443 g/mol. The molecule has 0 radical (unpaired) electrons.